The maximum atomic E-state index is 13.5. The normalized spacial score (nSPS) is 11.6. The molecule has 0 heterocycles. The number of hydrogen-bond donors (Lipinski definition) is 2. The predicted molar refractivity (Wildman–Crippen MR) is 87.7 cm³/mol. The van der Waals surface area contributed by atoms with Gasteiger partial charge in [0.1, 0.15) is 12.4 Å². The summed E-state index contributed by atoms with van der Waals surface area (Å²) in [5.74, 6) is -1.04. The quantitative estimate of drug-likeness (QED) is 0.784. The van der Waals surface area contributed by atoms with E-state index in [1.54, 1.807) is 36.4 Å². The average Bonchev–Trinajstić information content (AvgIpc) is 2.54. The van der Waals surface area contributed by atoms with Gasteiger partial charge in [-0.3, -0.25) is 4.79 Å². The number of rotatable bonds is 6. The first-order chi connectivity index (χ1) is 11.5. The van der Waals surface area contributed by atoms with Crippen molar-refractivity contribution in [2.75, 3.05) is 0 Å². The second kappa shape index (κ2) is 8.31. The van der Waals surface area contributed by atoms with Gasteiger partial charge in [0.05, 0.1) is 12.5 Å². The van der Waals surface area contributed by atoms with E-state index in [-0.39, 0.29) is 18.6 Å². The molecule has 0 fully saturated rings. The first kappa shape index (κ1) is 17.7. The molecule has 0 radical (unpaired) electrons. The molecule has 0 aromatic heterocycles. The van der Waals surface area contributed by atoms with Gasteiger partial charge in [0.2, 0.25) is 0 Å². The van der Waals surface area contributed by atoms with Crippen LogP contribution in [0.3, 0.4) is 0 Å². The molecule has 126 valence electrons. The fourth-order valence-corrected chi connectivity index (χ4v) is 2.24. The van der Waals surface area contributed by atoms with Crippen molar-refractivity contribution in [2.45, 2.75) is 19.1 Å². The Labute approximate surface area is 143 Å². The summed E-state index contributed by atoms with van der Waals surface area (Å²) in [6, 6.07) is 11.2. The molecular weight excluding hydrogens is 335 g/mol. The lowest BCUT2D eigenvalue weighted by atomic mass is 10.0. The molecule has 0 aliphatic heterocycles. The number of amides is 2. The molecule has 5 nitrogen and oxygen atoms in total. The second-order valence-corrected chi connectivity index (χ2v) is 5.51. The van der Waals surface area contributed by atoms with Gasteiger partial charge in [-0.25, -0.2) is 9.18 Å². The van der Waals surface area contributed by atoms with E-state index in [2.05, 4.69) is 5.32 Å². The summed E-state index contributed by atoms with van der Waals surface area (Å²) < 4.78 is 18.6. The SMILES string of the molecule is NC(=O)NC(CC(=O)OCc1ccccc1F)c1ccc(Cl)cc1. The molecule has 0 aliphatic carbocycles. The number of nitrogens with two attached hydrogens (primary N) is 1. The van der Waals surface area contributed by atoms with Crippen LogP contribution in [0.15, 0.2) is 48.5 Å². The van der Waals surface area contributed by atoms with Crippen LogP contribution in [-0.2, 0) is 16.1 Å². The van der Waals surface area contributed by atoms with Gasteiger partial charge in [-0.15, -0.1) is 0 Å². The number of nitrogens with one attached hydrogen (secondary N) is 1. The Morgan fingerprint density at radius 2 is 1.83 bits per heavy atom. The largest absolute Gasteiger partial charge is 0.461 e. The average molecular weight is 351 g/mol. The van der Waals surface area contributed by atoms with Crippen molar-refractivity contribution >= 4 is 23.6 Å². The summed E-state index contributed by atoms with van der Waals surface area (Å²) in [5, 5.41) is 3.00. The number of urea groups is 1. The highest BCUT2D eigenvalue weighted by Gasteiger charge is 2.19. The molecular formula is C17H16ClFN2O3. The first-order valence-electron chi connectivity index (χ1n) is 7.16. The van der Waals surface area contributed by atoms with Crippen LogP contribution in [-0.4, -0.2) is 12.0 Å². The molecule has 0 spiro atoms. The van der Waals surface area contributed by atoms with E-state index in [0.29, 0.717) is 10.6 Å². The molecule has 2 aromatic carbocycles. The monoisotopic (exact) mass is 350 g/mol. The maximum absolute atomic E-state index is 13.5. The lowest BCUT2D eigenvalue weighted by molar-refractivity contribution is -0.145. The molecule has 1 atom stereocenters. The van der Waals surface area contributed by atoms with Crippen molar-refractivity contribution in [1.82, 2.24) is 5.32 Å². The Bertz CT molecular complexity index is 722. The number of esters is 1. The minimum atomic E-state index is -0.767. The van der Waals surface area contributed by atoms with Gasteiger partial charge in [-0.1, -0.05) is 41.9 Å². The lowest BCUT2D eigenvalue weighted by Crippen LogP contribution is -2.34. The highest BCUT2D eigenvalue weighted by molar-refractivity contribution is 6.30. The Morgan fingerprint density at radius 3 is 2.46 bits per heavy atom. The smallest absolute Gasteiger partial charge is 0.312 e. The topological polar surface area (TPSA) is 81.4 Å². The fraction of sp³-hybridized carbons (Fsp3) is 0.176. The van der Waals surface area contributed by atoms with Gasteiger partial charge >= 0.3 is 12.0 Å². The lowest BCUT2D eigenvalue weighted by Gasteiger charge is -2.17. The van der Waals surface area contributed by atoms with Crippen molar-refractivity contribution in [3.63, 3.8) is 0 Å². The highest BCUT2D eigenvalue weighted by atomic mass is 35.5. The number of halogens is 2. The van der Waals surface area contributed by atoms with Gasteiger partial charge in [-0.05, 0) is 23.8 Å². The molecule has 2 aromatic rings. The summed E-state index contributed by atoms with van der Waals surface area (Å²) >= 11 is 5.82. The zero-order valence-corrected chi connectivity index (χ0v) is 13.4. The van der Waals surface area contributed by atoms with Gasteiger partial charge in [-0.2, -0.15) is 0 Å². The minimum absolute atomic E-state index is 0.140. The maximum Gasteiger partial charge on any atom is 0.312 e. The summed E-state index contributed by atoms with van der Waals surface area (Å²) in [6.07, 6.45) is -0.140. The van der Waals surface area contributed by atoms with Crippen LogP contribution in [0.1, 0.15) is 23.6 Å². The van der Waals surface area contributed by atoms with E-state index >= 15 is 0 Å². The molecule has 7 heteroatoms. The van der Waals surface area contributed by atoms with Crippen molar-refractivity contribution < 1.29 is 18.7 Å². The predicted octanol–water partition coefficient (Wildman–Crippen LogP) is 3.32. The number of primary amides is 1. The molecule has 2 amide bonds. The zero-order chi connectivity index (χ0) is 17.5. The molecule has 1 unspecified atom stereocenters. The molecule has 0 aliphatic rings. The molecule has 0 bridgehead atoms. The molecule has 2 rings (SSSR count). The van der Waals surface area contributed by atoms with Gasteiger partial charge in [0.25, 0.3) is 0 Å². The van der Waals surface area contributed by atoms with Gasteiger partial charge < -0.3 is 15.8 Å². The van der Waals surface area contributed by atoms with Gasteiger partial charge in [0, 0.05) is 10.6 Å². The van der Waals surface area contributed by atoms with Crippen molar-refractivity contribution in [3.05, 3.63) is 70.5 Å². The van der Waals surface area contributed by atoms with Crippen molar-refractivity contribution in [2.24, 2.45) is 5.73 Å². The standard InChI is InChI=1S/C17H16ClFN2O3/c18-13-7-5-11(6-8-13)15(21-17(20)23)9-16(22)24-10-12-3-1-2-4-14(12)19/h1-8,15H,9-10H2,(H3,20,21,23). The van der Waals surface area contributed by atoms with Crippen LogP contribution in [0.4, 0.5) is 9.18 Å². The number of carbonyl (C=O) groups excluding carboxylic acids is 2. The molecule has 0 saturated carbocycles. The first-order valence-corrected chi connectivity index (χ1v) is 7.54. The molecule has 3 N–H and O–H groups in total. The number of benzene rings is 2. The summed E-state index contributed by atoms with van der Waals surface area (Å²) in [7, 11) is 0. The third-order valence-corrected chi connectivity index (χ3v) is 3.56. The van der Waals surface area contributed by atoms with Crippen LogP contribution in [0.5, 0.6) is 0 Å². The second-order valence-electron chi connectivity index (χ2n) is 5.07. The Hall–Kier alpha value is -2.60. The number of carbonyl (C=O) groups is 2. The van der Waals surface area contributed by atoms with Gasteiger partial charge in [0.15, 0.2) is 0 Å². The van der Waals surface area contributed by atoms with E-state index in [0.717, 1.165) is 0 Å². The summed E-state index contributed by atoms with van der Waals surface area (Å²) in [4.78, 5) is 23.1. The van der Waals surface area contributed by atoms with Crippen molar-refractivity contribution in [1.29, 1.82) is 0 Å². The number of ether oxygens (including phenoxy) is 1. The summed E-state index contributed by atoms with van der Waals surface area (Å²) in [5.41, 5.74) is 6.07. The Morgan fingerprint density at radius 1 is 1.17 bits per heavy atom. The third kappa shape index (κ3) is 5.24. The Balaban J connectivity index is 2.00. The van der Waals surface area contributed by atoms with Crippen LogP contribution >= 0.6 is 11.6 Å². The van der Waals surface area contributed by atoms with E-state index in [9.17, 15) is 14.0 Å². The highest BCUT2D eigenvalue weighted by Crippen LogP contribution is 2.20. The van der Waals surface area contributed by atoms with Crippen molar-refractivity contribution in [3.8, 4) is 0 Å². The molecule has 24 heavy (non-hydrogen) atoms. The zero-order valence-electron chi connectivity index (χ0n) is 12.7. The van der Waals surface area contributed by atoms with Crippen LogP contribution in [0, 0.1) is 5.82 Å². The van der Waals surface area contributed by atoms with E-state index < -0.39 is 23.9 Å². The third-order valence-electron chi connectivity index (χ3n) is 3.31. The van der Waals surface area contributed by atoms with E-state index in [1.165, 1.54) is 12.1 Å². The Kier molecular flexibility index (Phi) is 6.14. The minimum Gasteiger partial charge on any atom is -0.461 e. The summed E-state index contributed by atoms with van der Waals surface area (Å²) in [6.45, 7) is -0.185. The molecule has 0 saturated heterocycles. The van der Waals surface area contributed by atoms with Crippen LogP contribution in [0.2, 0.25) is 5.02 Å². The van der Waals surface area contributed by atoms with Crippen LogP contribution < -0.4 is 11.1 Å². The van der Waals surface area contributed by atoms with Crippen LogP contribution in [0.25, 0.3) is 0 Å². The van der Waals surface area contributed by atoms with E-state index in [4.69, 9.17) is 22.1 Å². The van der Waals surface area contributed by atoms with E-state index in [1.807, 2.05) is 0 Å². The fourth-order valence-electron chi connectivity index (χ4n) is 2.12. The number of hydrogen-bond acceptors (Lipinski definition) is 3.